The number of aryl methyl sites for hydroxylation is 2. The third-order valence-electron chi connectivity index (χ3n) is 3.16. The van der Waals surface area contributed by atoms with Crippen LogP contribution in [0.2, 0.25) is 0 Å². The first kappa shape index (κ1) is 12.4. The minimum absolute atomic E-state index is 0.258. The quantitative estimate of drug-likeness (QED) is 0.804. The van der Waals surface area contributed by atoms with Crippen LogP contribution in [0.3, 0.4) is 0 Å². The van der Waals surface area contributed by atoms with Crippen LogP contribution in [0.15, 0.2) is 18.2 Å². The maximum absolute atomic E-state index is 5.30. The molecule has 1 aromatic rings. The summed E-state index contributed by atoms with van der Waals surface area (Å²) in [6, 6.07) is 7.41. The number of rotatable bonds is 3. The topological polar surface area (TPSA) is 24.1 Å². The van der Waals surface area contributed by atoms with Crippen LogP contribution in [0, 0.1) is 13.8 Å². The highest BCUT2D eigenvalue weighted by atomic mass is 32.1. The van der Waals surface area contributed by atoms with Crippen LogP contribution in [0.1, 0.15) is 42.5 Å². The number of hydrogen-bond acceptors (Lipinski definition) is 1. The summed E-state index contributed by atoms with van der Waals surface area (Å²) in [6.45, 7) is 6.42. The van der Waals surface area contributed by atoms with E-state index in [1.807, 2.05) is 0 Å². The Balaban J connectivity index is 1.99. The Morgan fingerprint density at radius 1 is 1.35 bits per heavy atom. The fourth-order valence-corrected chi connectivity index (χ4v) is 2.30. The van der Waals surface area contributed by atoms with Crippen molar-refractivity contribution in [3.05, 3.63) is 34.9 Å². The summed E-state index contributed by atoms with van der Waals surface area (Å²) in [5.74, 6) is 0. The Hall–Kier alpha value is -1.09. The van der Waals surface area contributed by atoms with E-state index in [-0.39, 0.29) is 6.04 Å². The van der Waals surface area contributed by atoms with Gasteiger partial charge in [-0.25, -0.2) is 0 Å². The molecule has 1 atom stereocenters. The van der Waals surface area contributed by atoms with Gasteiger partial charge in [0.15, 0.2) is 5.11 Å². The average molecular weight is 248 g/mol. The molecule has 1 fully saturated rings. The molecule has 1 aliphatic rings. The van der Waals surface area contributed by atoms with E-state index < -0.39 is 0 Å². The molecule has 17 heavy (non-hydrogen) atoms. The molecule has 1 aliphatic carbocycles. The lowest BCUT2D eigenvalue weighted by Gasteiger charge is -2.19. The zero-order valence-electron chi connectivity index (χ0n) is 10.7. The van der Waals surface area contributed by atoms with Crippen molar-refractivity contribution < 1.29 is 0 Å². The molecule has 3 heteroatoms. The van der Waals surface area contributed by atoms with Crippen molar-refractivity contribution in [3.63, 3.8) is 0 Å². The van der Waals surface area contributed by atoms with Crippen molar-refractivity contribution in [2.45, 2.75) is 45.7 Å². The highest BCUT2D eigenvalue weighted by molar-refractivity contribution is 7.80. The Morgan fingerprint density at radius 2 is 2.06 bits per heavy atom. The highest BCUT2D eigenvalue weighted by Gasteiger charge is 2.22. The van der Waals surface area contributed by atoms with Gasteiger partial charge in [-0.3, -0.25) is 0 Å². The van der Waals surface area contributed by atoms with Gasteiger partial charge in [0.1, 0.15) is 0 Å². The molecule has 0 heterocycles. The summed E-state index contributed by atoms with van der Waals surface area (Å²) in [5.41, 5.74) is 3.93. The van der Waals surface area contributed by atoms with Crippen molar-refractivity contribution in [1.82, 2.24) is 10.6 Å². The van der Waals surface area contributed by atoms with Crippen LogP contribution >= 0.6 is 12.2 Å². The predicted molar refractivity (Wildman–Crippen MR) is 76.2 cm³/mol. The van der Waals surface area contributed by atoms with Crippen molar-refractivity contribution in [1.29, 1.82) is 0 Å². The second kappa shape index (κ2) is 5.05. The van der Waals surface area contributed by atoms with Crippen LogP contribution < -0.4 is 10.6 Å². The number of hydrogen-bond donors (Lipinski definition) is 2. The van der Waals surface area contributed by atoms with E-state index in [9.17, 15) is 0 Å². The van der Waals surface area contributed by atoms with E-state index in [2.05, 4.69) is 49.6 Å². The van der Waals surface area contributed by atoms with E-state index in [1.165, 1.54) is 29.5 Å². The lowest BCUT2D eigenvalue weighted by Crippen LogP contribution is -2.38. The van der Waals surface area contributed by atoms with Gasteiger partial charge in [-0.15, -0.1) is 0 Å². The second-order valence-electron chi connectivity index (χ2n) is 4.97. The molecule has 2 nitrogen and oxygen atoms in total. The smallest absolute Gasteiger partial charge is 0.166 e. The van der Waals surface area contributed by atoms with Gasteiger partial charge in [0.05, 0.1) is 6.04 Å². The number of thiocarbonyl (C=S) groups is 1. The summed E-state index contributed by atoms with van der Waals surface area (Å²) in [7, 11) is 0. The lowest BCUT2D eigenvalue weighted by atomic mass is 10.0. The molecule has 92 valence electrons. The number of benzene rings is 1. The standard InChI is InChI=1S/C14H20N2S/c1-9-4-5-10(2)13(8-9)11(3)15-14(17)16-12-6-7-12/h4-5,8,11-12H,6-7H2,1-3H3,(H2,15,16,17). The van der Waals surface area contributed by atoms with Gasteiger partial charge in [-0.1, -0.05) is 23.8 Å². The van der Waals surface area contributed by atoms with Gasteiger partial charge in [0.25, 0.3) is 0 Å². The minimum Gasteiger partial charge on any atom is -0.360 e. The maximum Gasteiger partial charge on any atom is 0.166 e. The van der Waals surface area contributed by atoms with Crippen LogP contribution in [-0.2, 0) is 0 Å². The fraction of sp³-hybridized carbons (Fsp3) is 0.500. The molecule has 1 saturated carbocycles. The van der Waals surface area contributed by atoms with Gasteiger partial charge in [-0.2, -0.15) is 0 Å². The van der Waals surface area contributed by atoms with Crippen molar-refractivity contribution in [2.75, 3.05) is 0 Å². The third kappa shape index (κ3) is 3.43. The van der Waals surface area contributed by atoms with E-state index in [4.69, 9.17) is 12.2 Å². The molecule has 0 radical (unpaired) electrons. The van der Waals surface area contributed by atoms with Crippen LogP contribution in [0.5, 0.6) is 0 Å². The summed E-state index contributed by atoms with van der Waals surface area (Å²) in [6.07, 6.45) is 2.50. The molecule has 2 rings (SSSR count). The molecule has 1 unspecified atom stereocenters. The van der Waals surface area contributed by atoms with Gasteiger partial charge in [0.2, 0.25) is 0 Å². The number of nitrogens with one attached hydrogen (secondary N) is 2. The minimum atomic E-state index is 0.258. The van der Waals surface area contributed by atoms with Crippen molar-refractivity contribution in [2.24, 2.45) is 0 Å². The zero-order chi connectivity index (χ0) is 12.4. The maximum atomic E-state index is 5.30. The van der Waals surface area contributed by atoms with Gasteiger partial charge < -0.3 is 10.6 Å². The summed E-state index contributed by atoms with van der Waals surface area (Å²) < 4.78 is 0. The van der Waals surface area contributed by atoms with Crippen LogP contribution in [0.25, 0.3) is 0 Å². The second-order valence-corrected chi connectivity index (χ2v) is 5.38. The monoisotopic (exact) mass is 248 g/mol. The van der Waals surface area contributed by atoms with E-state index in [0.29, 0.717) is 6.04 Å². The van der Waals surface area contributed by atoms with E-state index >= 15 is 0 Å². The summed E-state index contributed by atoms with van der Waals surface area (Å²) in [5, 5.41) is 7.44. The molecule has 1 aromatic carbocycles. The average Bonchev–Trinajstić information content (AvgIpc) is 3.05. The molecule has 2 N–H and O–H groups in total. The van der Waals surface area contributed by atoms with Gasteiger partial charge in [0, 0.05) is 6.04 Å². The Labute approximate surface area is 109 Å². The molecule has 0 aromatic heterocycles. The molecule has 0 spiro atoms. The fourth-order valence-electron chi connectivity index (χ4n) is 1.96. The zero-order valence-corrected chi connectivity index (χ0v) is 11.5. The first-order valence-electron chi connectivity index (χ1n) is 6.20. The van der Waals surface area contributed by atoms with Crippen molar-refractivity contribution in [3.8, 4) is 0 Å². The Bertz CT molecular complexity index is 424. The first-order chi connectivity index (χ1) is 8.06. The molecular formula is C14H20N2S. The predicted octanol–water partition coefficient (Wildman–Crippen LogP) is 2.99. The Kier molecular flexibility index (Phi) is 3.67. The third-order valence-corrected chi connectivity index (χ3v) is 3.40. The van der Waals surface area contributed by atoms with Gasteiger partial charge >= 0.3 is 0 Å². The lowest BCUT2D eigenvalue weighted by molar-refractivity contribution is 0.692. The highest BCUT2D eigenvalue weighted by Crippen LogP contribution is 2.20. The van der Waals surface area contributed by atoms with Crippen molar-refractivity contribution >= 4 is 17.3 Å². The SMILES string of the molecule is Cc1ccc(C)c(C(C)NC(=S)NC2CC2)c1. The molecule has 0 bridgehead atoms. The molecule has 0 amide bonds. The van der Waals surface area contributed by atoms with Crippen LogP contribution in [0.4, 0.5) is 0 Å². The molecule has 0 saturated heterocycles. The molecular weight excluding hydrogens is 228 g/mol. The Morgan fingerprint density at radius 3 is 2.71 bits per heavy atom. The van der Waals surface area contributed by atoms with Crippen LogP contribution in [-0.4, -0.2) is 11.2 Å². The normalized spacial score (nSPS) is 16.4. The van der Waals surface area contributed by atoms with E-state index in [1.54, 1.807) is 0 Å². The molecule has 0 aliphatic heterocycles. The largest absolute Gasteiger partial charge is 0.360 e. The van der Waals surface area contributed by atoms with E-state index in [0.717, 1.165) is 5.11 Å². The summed E-state index contributed by atoms with van der Waals surface area (Å²) >= 11 is 5.30. The first-order valence-corrected chi connectivity index (χ1v) is 6.61. The van der Waals surface area contributed by atoms with Gasteiger partial charge in [-0.05, 0) is 57.0 Å². The summed E-state index contributed by atoms with van der Waals surface area (Å²) in [4.78, 5) is 0.